The van der Waals surface area contributed by atoms with Gasteiger partial charge in [0.15, 0.2) is 11.4 Å². The molecule has 4 heteroatoms. The molecular weight excluding hydrogens is 286 g/mol. The van der Waals surface area contributed by atoms with E-state index in [1.165, 1.54) is 0 Å². The van der Waals surface area contributed by atoms with E-state index in [4.69, 9.17) is 5.10 Å². The highest BCUT2D eigenvalue weighted by Crippen LogP contribution is 2.36. The van der Waals surface area contributed by atoms with Crippen LogP contribution >= 0.6 is 0 Å². The van der Waals surface area contributed by atoms with Crippen molar-refractivity contribution in [1.29, 1.82) is 0 Å². The second-order valence-corrected chi connectivity index (χ2v) is 7.12. The van der Waals surface area contributed by atoms with Crippen LogP contribution in [0.25, 0.3) is 16.8 Å². The van der Waals surface area contributed by atoms with Crippen LogP contribution in [0, 0.1) is 12.3 Å². The van der Waals surface area contributed by atoms with Gasteiger partial charge in [-0.2, -0.15) is 5.10 Å². The quantitative estimate of drug-likeness (QED) is 0.686. The second-order valence-electron chi connectivity index (χ2n) is 7.12. The average Bonchev–Trinajstić information content (AvgIpc) is 2.83. The third kappa shape index (κ3) is 2.17. The predicted molar refractivity (Wildman–Crippen MR) is 89.6 cm³/mol. The van der Waals surface area contributed by atoms with E-state index in [0.29, 0.717) is 6.42 Å². The van der Waals surface area contributed by atoms with Gasteiger partial charge in [0.25, 0.3) is 0 Å². The Morgan fingerprint density at radius 2 is 1.87 bits per heavy atom. The van der Waals surface area contributed by atoms with E-state index < -0.39 is 0 Å². The number of carbonyl (C=O) groups is 1. The van der Waals surface area contributed by atoms with E-state index in [2.05, 4.69) is 31.0 Å². The van der Waals surface area contributed by atoms with Gasteiger partial charge >= 0.3 is 0 Å². The summed E-state index contributed by atoms with van der Waals surface area (Å²) in [5.74, 6) is 0.167. The van der Waals surface area contributed by atoms with Crippen LogP contribution in [-0.2, 0) is 6.42 Å². The Morgan fingerprint density at radius 1 is 1.13 bits per heavy atom. The number of Topliss-reactive ketones (excluding diaryl/α,β-unsaturated/α-hetero) is 1. The van der Waals surface area contributed by atoms with Gasteiger partial charge in [0.05, 0.1) is 17.0 Å². The number of aryl methyl sites for hydroxylation is 1. The fourth-order valence-electron chi connectivity index (χ4n) is 3.53. The fraction of sp³-hybridized carbons (Fsp3) is 0.316. The monoisotopic (exact) mass is 305 g/mol. The van der Waals surface area contributed by atoms with Crippen LogP contribution in [0.2, 0.25) is 0 Å². The number of benzene rings is 1. The first-order valence-corrected chi connectivity index (χ1v) is 7.92. The minimum Gasteiger partial charge on any atom is -0.294 e. The number of hydrogen-bond donors (Lipinski definition) is 0. The molecule has 0 unspecified atom stereocenters. The zero-order valence-electron chi connectivity index (χ0n) is 13.6. The molecule has 0 N–H and O–H groups in total. The van der Waals surface area contributed by atoms with Gasteiger partial charge in [-0.3, -0.25) is 4.79 Å². The first kappa shape index (κ1) is 14.1. The van der Waals surface area contributed by atoms with Crippen LogP contribution in [0.1, 0.15) is 42.0 Å². The molecule has 0 aliphatic heterocycles. The number of rotatable bonds is 1. The van der Waals surface area contributed by atoms with E-state index in [1.54, 1.807) is 6.20 Å². The third-order valence-corrected chi connectivity index (χ3v) is 4.57. The summed E-state index contributed by atoms with van der Waals surface area (Å²) >= 11 is 0. The molecule has 3 aromatic rings. The largest absolute Gasteiger partial charge is 0.294 e. The van der Waals surface area contributed by atoms with Gasteiger partial charge in [-0.15, -0.1) is 0 Å². The minimum atomic E-state index is -0.0366. The van der Waals surface area contributed by atoms with Gasteiger partial charge < -0.3 is 0 Å². The molecule has 0 spiro atoms. The van der Waals surface area contributed by atoms with Crippen molar-refractivity contribution in [2.24, 2.45) is 5.41 Å². The molecule has 1 aromatic carbocycles. The Labute approximate surface area is 135 Å². The molecule has 0 amide bonds. The summed E-state index contributed by atoms with van der Waals surface area (Å²) in [6.45, 7) is 6.27. The van der Waals surface area contributed by atoms with E-state index in [1.807, 2.05) is 29.6 Å². The van der Waals surface area contributed by atoms with Crippen molar-refractivity contribution in [3.8, 4) is 11.1 Å². The second kappa shape index (κ2) is 4.75. The molecule has 116 valence electrons. The zero-order chi connectivity index (χ0) is 16.2. The van der Waals surface area contributed by atoms with Gasteiger partial charge in [-0.25, -0.2) is 9.50 Å². The van der Waals surface area contributed by atoms with E-state index in [0.717, 1.165) is 40.1 Å². The molecule has 0 atom stereocenters. The fourth-order valence-corrected chi connectivity index (χ4v) is 3.53. The summed E-state index contributed by atoms with van der Waals surface area (Å²) in [7, 11) is 0. The topological polar surface area (TPSA) is 47.3 Å². The number of carbonyl (C=O) groups excluding carboxylic acids is 1. The predicted octanol–water partition coefficient (Wildman–Crippen LogP) is 3.86. The van der Waals surface area contributed by atoms with Crippen molar-refractivity contribution >= 4 is 11.4 Å². The molecule has 4 rings (SSSR count). The lowest BCUT2D eigenvalue weighted by Crippen LogP contribution is -2.29. The van der Waals surface area contributed by atoms with Gasteiger partial charge in [-0.1, -0.05) is 44.2 Å². The highest BCUT2D eigenvalue weighted by atomic mass is 16.1. The smallest absolute Gasteiger partial charge is 0.166 e. The van der Waals surface area contributed by atoms with Crippen LogP contribution in [-0.4, -0.2) is 20.4 Å². The Bertz CT molecular complexity index is 923. The lowest BCUT2D eigenvalue weighted by Gasteiger charge is -2.29. The molecule has 4 nitrogen and oxygen atoms in total. The molecular formula is C19H19N3O. The van der Waals surface area contributed by atoms with Gasteiger partial charge in [0.1, 0.15) is 0 Å². The van der Waals surface area contributed by atoms with Crippen molar-refractivity contribution in [2.45, 2.75) is 33.6 Å². The Kier molecular flexibility index (Phi) is 2.92. The summed E-state index contributed by atoms with van der Waals surface area (Å²) in [5.41, 5.74) is 5.59. The SMILES string of the molecule is Cc1nn2c3c(cnc2c1-c1ccccc1)C(=O)CC(C)(C)C3. The standard InChI is InChI=1S/C19H19N3O/c1-12-17(13-7-5-4-6-8-13)18-20-11-14-15(22(18)21-12)9-19(2,3)10-16(14)23/h4-8,11H,9-10H2,1-3H3. The molecule has 0 bridgehead atoms. The minimum absolute atomic E-state index is 0.0366. The lowest BCUT2D eigenvalue weighted by atomic mass is 9.76. The third-order valence-electron chi connectivity index (χ3n) is 4.57. The molecule has 23 heavy (non-hydrogen) atoms. The van der Waals surface area contributed by atoms with Gasteiger partial charge in [0, 0.05) is 18.2 Å². The zero-order valence-corrected chi connectivity index (χ0v) is 13.6. The first-order chi connectivity index (χ1) is 11.0. The number of ketones is 1. The van der Waals surface area contributed by atoms with E-state index in [9.17, 15) is 4.79 Å². The van der Waals surface area contributed by atoms with E-state index in [-0.39, 0.29) is 11.2 Å². The normalized spacial score (nSPS) is 16.6. The molecule has 1 aliphatic carbocycles. The number of aromatic nitrogens is 3. The highest BCUT2D eigenvalue weighted by molar-refractivity contribution is 5.99. The molecule has 0 radical (unpaired) electrons. The summed E-state index contributed by atoms with van der Waals surface area (Å²) in [6, 6.07) is 10.2. The summed E-state index contributed by atoms with van der Waals surface area (Å²) in [4.78, 5) is 17.0. The average molecular weight is 305 g/mol. The van der Waals surface area contributed by atoms with Crippen LogP contribution in [0.15, 0.2) is 36.5 Å². The van der Waals surface area contributed by atoms with Crippen molar-refractivity contribution < 1.29 is 4.79 Å². The summed E-state index contributed by atoms with van der Waals surface area (Å²) < 4.78 is 1.88. The first-order valence-electron chi connectivity index (χ1n) is 7.92. The summed E-state index contributed by atoms with van der Waals surface area (Å²) in [6.07, 6.45) is 3.14. The maximum absolute atomic E-state index is 12.4. The lowest BCUT2D eigenvalue weighted by molar-refractivity contribution is 0.0908. The Balaban J connectivity index is 2.01. The van der Waals surface area contributed by atoms with Crippen molar-refractivity contribution in [3.05, 3.63) is 53.5 Å². The number of fused-ring (bicyclic) bond motifs is 3. The molecule has 0 saturated carbocycles. The van der Waals surface area contributed by atoms with Crippen LogP contribution < -0.4 is 0 Å². The number of nitrogens with zero attached hydrogens (tertiary/aromatic N) is 3. The van der Waals surface area contributed by atoms with Crippen molar-refractivity contribution in [3.63, 3.8) is 0 Å². The van der Waals surface area contributed by atoms with Crippen molar-refractivity contribution in [1.82, 2.24) is 14.6 Å². The maximum atomic E-state index is 12.4. The molecule has 0 fully saturated rings. The van der Waals surface area contributed by atoms with Gasteiger partial charge in [0.2, 0.25) is 0 Å². The molecule has 1 aliphatic rings. The summed E-state index contributed by atoms with van der Waals surface area (Å²) in [5, 5.41) is 4.70. The van der Waals surface area contributed by atoms with Crippen LogP contribution in [0.5, 0.6) is 0 Å². The van der Waals surface area contributed by atoms with Crippen LogP contribution in [0.3, 0.4) is 0 Å². The highest BCUT2D eigenvalue weighted by Gasteiger charge is 2.33. The van der Waals surface area contributed by atoms with E-state index >= 15 is 0 Å². The Morgan fingerprint density at radius 3 is 2.61 bits per heavy atom. The van der Waals surface area contributed by atoms with Crippen LogP contribution in [0.4, 0.5) is 0 Å². The number of hydrogen-bond acceptors (Lipinski definition) is 3. The molecule has 0 saturated heterocycles. The van der Waals surface area contributed by atoms with Gasteiger partial charge in [-0.05, 0) is 24.3 Å². The molecule has 2 aromatic heterocycles. The molecule has 2 heterocycles. The van der Waals surface area contributed by atoms with Crippen molar-refractivity contribution in [2.75, 3.05) is 0 Å². The maximum Gasteiger partial charge on any atom is 0.166 e. The Hall–Kier alpha value is -2.49.